The van der Waals surface area contributed by atoms with Gasteiger partial charge < -0.3 is 9.73 Å². The molecule has 0 fully saturated rings. The van der Waals surface area contributed by atoms with Crippen molar-refractivity contribution in [1.29, 1.82) is 0 Å². The highest BCUT2D eigenvalue weighted by atomic mass is 32.1. The van der Waals surface area contributed by atoms with E-state index in [2.05, 4.69) is 16.8 Å². The van der Waals surface area contributed by atoms with E-state index in [0.717, 1.165) is 45.5 Å². The van der Waals surface area contributed by atoms with E-state index in [1.54, 1.807) is 28.9 Å². The van der Waals surface area contributed by atoms with Gasteiger partial charge in [-0.05, 0) is 41.3 Å². The Bertz CT molecular complexity index is 1260. The maximum atomic E-state index is 11.6. The van der Waals surface area contributed by atoms with Gasteiger partial charge >= 0.3 is 0 Å². The Morgan fingerprint density at radius 2 is 2.13 bits per heavy atom. The predicted molar refractivity (Wildman–Crippen MR) is 119 cm³/mol. The fourth-order valence-electron chi connectivity index (χ4n) is 3.87. The zero-order valence-electron chi connectivity index (χ0n) is 15.7. The maximum absolute atomic E-state index is 11.6. The van der Waals surface area contributed by atoms with Crippen LogP contribution in [0, 0.1) is 0 Å². The van der Waals surface area contributed by atoms with Crippen LogP contribution in [-0.4, -0.2) is 16.6 Å². The van der Waals surface area contributed by atoms with E-state index >= 15 is 0 Å². The van der Waals surface area contributed by atoms with Gasteiger partial charge in [0.15, 0.2) is 0 Å². The lowest BCUT2D eigenvalue weighted by Gasteiger charge is -2.18. The first-order chi connectivity index (χ1) is 14.7. The van der Waals surface area contributed by atoms with Gasteiger partial charge in [-0.2, -0.15) is 5.10 Å². The quantitative estimate of drug-likeness (QED) is 0.474. The molecule has 148 valence electrons. The minimum absolute atomic E-state index is 0.0158. The molecule has 1 amide bonds. The lowest BCUT2D eigenvalue weighted by atomic mass is 10.1. The van der Waals surface area contributed by atoms with E-state index in [-0.39, 0.29) is 11.9 Å². The second kappa shape index (κ2) is 6.93. The number of amides is 1. The molecule has 1 N–H and O–H groups in total. The Morgan fingerprint density at radius 1 is 1.17 bits per heavy atom. The van der Waals surface area contributed by atoms with Crippen LogP contribution < -0.4 is 10.3 Å². The number of anilines is 2. The van der Waals surface area contributed by atoms with Gasteiger partial charge in [0.1, 0.15) is 11.8 Å². The second-order valence-electron chi connectivity index (χ2n) is 7.22. The number of carbonyl (C=O) groups is 1. The Kier molecular flexibility index (Phi) is 4.07. The number of furan rings is 1. The summed E-state index contributed by atoms with van der Waals surface area (Å²) in [5.74, 6) is 0.916. The number of nitrogens with zero attached hydrogens (tertiary/aromatic N) is 3. The zero-order chi connectivity index (χ0) is 20.1. The van der Waals surface area contributed by atoms with Crippen LogP contribution >= 0.6 is 22.7 Å². The van der Waals surface area contributed by atoms with Crippen molar-refractivity contribution < 1.29 is 9.21 Å². The first-order valence-corrected chi connectivity index (χ1v) is 11.3. The highest BCUT2D eigenvalue weighted by Crippen LogP contribution is 2.40. The number of aromatic nitrogens is 1. The number of thiophene rings is 1. The van der Waals surface area contributed by atoms with Gasteiger partial charge in [-0.25, -0.2) is 9.99 Å². The molecule has 0 spiro atoms. The van der Waals surface area contributed by atoms with Crippen LogP contribution in [0.2, 0.25) is 0 Å². The molecule has 30 heavy (non-hydrogen) atoms. The fourth-order valence-corrected chi connectivity index (χ4v) is 5.43. The van der Waals surface area contributed by atoms with Crippen LogP contribution in [0.25, 0.3) is 11.3 Å². The maximum Gasteiger partial charge on any atom is 0.228 e. The van der Waals surface area contributed by atoms with Gasteiger partial charge in [0.25, 0.3) is 0 Å². The highest BCUT2D eigenvalue weighted by Gasteiger charge is 2.34. The van der Waals surface area contributed by atoms with Crippen LogP contribution in [0.5, 0.6) is 0 Å². The SMILES string of the molecule is O=C1Cc2cc(-c3csc(N4N=C(c5cccs5)CC4c4ccco4)n3)ccc2N1. The lowest BCUT2D eigenvalue weighted by Crippen LogP contribution is -2.17. The van der Waals surface area contributed by atoms with Gasteiger partial charge in [-0.3, -0.25) is 4.79 Å². The molecule has 0 bridgehead atoms. The average molecular weight is 433 g/mol. The summed E-state index contributed by atoms with van der Waals surface area (Å²) >= 11 is 3.25. The summed E-state index contributed by atoms with van der Waals surface area (Å²) in [6.45, 7) is 0. The third kappa shape index (κ3) is 2.96. The van der Waals surface area contributed by atoms with Gasteiger partial charge in [-0.15, -0.1) is 22.7 Å². The van der Waals surface area contributed by atoms with Crippen molar-refractivity contribution in [3.63, 3.8) is 0 Å². The molecule has 0 saturated heterocycles. The zero-order valence-corrected chi connectivity index (χ0v) is 17.4. The average Bonchev–Trinajstić information content (AvgIpc) is 3.57. The molecule has 6 nitrogen and oxygen atoms in total. The summed E-state index contributed by atoms with van der Waals surface area (Å²) in [4.78, 5) is 17.7. The van der Waals surface area contributed by atoms with Crippen molar-refractivity contribution in [3.05, 3.63) is 75.7 Å². The first kappa shape index (κ1) is 17.6. The molecule has 1 atom stereocenters. The predicted octanol–water partition coefficient (Wildman–Crippen LogP) is 5.31. The monoisotopic (exact) mass is 432 g/mol. The summed E-state index contributed by atoms with van der Waals surface area (Å²) in [5.41, 5.74) is 4.84. The van der Waals surface area contributed by atoms with Crippen LogP contribution in [0.1, 0.15) is 28.7 Å². The fraction of sp³-hybridized carbons (Fsp3) is 0.136. The van der Waals surface area contributed by atoms with Gasteiger partial charge in [0.2, 0.25) is 11.0 Å². The van der Waals surface area contributed by atoms with Crippen molar-refractivity contribution in [2.45, 2.75) is 18.9 Å². The van der Waals surface area contributed by atoms with E-state index in [4.69, 9.17) is 14.5 Å². The summed E-state index contributed by atoms with van der Waals surface area (Å²) < 4.78 is 5.71. The number of hydrogen-bond donors (Lipinski definition) is 1. The molecule has 0 saturated carbocycles. The van der Waals surface area contributed by atoms with Gasteiger partial charge in [0.05, 0.1) is 29.0 Å². The molecule has 1 unspecified atom stereocenters. The van der Waals surface area contributed by atoms with E-state index in [1.165, 1.54) is 4.88 Å². The minimum atomic E-state index is -0.0158. The molecule has 0 radical (unpaired) electrons. The molecule has 2 aliphatic rings. The van der Waals surface area contributed by atoms with Crippen molar-refractivity contribution in [1.82, 2.24) is 4.98 Å². The number of benzene rings is 1. The van der Waals surface area contributed by atoms with Crippen LogP contribution in [0.4, 0.5) is 10.8 Å². The topological polar surface area (TPSA) is 70.7 Å². The third-order valence-electron chi connectivity index (χ3n) is 5.30. The van der Waals surface area contributed by atoms with Gasteiger partial charge in [-0.1, -0.05) is 12.1 Å². The summed E-state index contributed by atoms with van der Waals surface area (Å²) in [7, 11) is 0. The van der Waals surface area contributed by atoms with Crippen molar-refractivity contribution in [2.24, 2.45) is 5.10 Å². The molecule has 1 aromatic carbocycles. The largest absolute Gasteiger partial charge is 0.467 e. The van der Waals surface area contributed by atoms with E-state index in [1.807, 2.05) is 46.8 Å². The van der Waals surface area contributed by atoms with Gasteiger partial charge in [0, 0.05) is 23.1 Å². The Morgan fingerprint density at radius 3 is 2.97 bits per heavy atom. The molecule has 6 rings (SSSR count). The molecule has 8 heteroatoms. The number of rotatable bonds is 4. The lowest BCUT2D eigenvalue weighted by molar-refractivity contribution is -0.115. The third-order valence-corrected chi connectivity index (χ3v) is 7.05. The Labute approximate surface area is 180 Å². The normalized spacial score (nSPS) is 17.9. The Balaban J connectivity index is 1.36. The van der Waals surface area contributed by atoms with E-state index in [0.29, 0.717) is 6.42 Å². The molecular weight excluding hydrogens is 416 g/mol. The first-order valence-electron chi connectivity index (χ1n) is 9.57. The smallest absolute Gasteiger partial charge is 0.228 e. The van der Waals surface area contributed by atoms with Crippen LogP contribution in [0.15, 0.2) is 69.0 Å². The highest BCUT2D eigenvalue weighted by molar-refractivity contribution is 7.14. The number of carbonyl (C=O) groups excluding carboxylic acids is 1. The second-order valence-corrected chi connectivity index (χ2v) is 9.00. The molecule has 5 heterocycles. The standard InChI is InChI=1S/C22H16N4O2S2/c27-21-10-14-9-13(5-6-15(14)23-21)17-12-30-22(24-17)26-18(19-3-1-7-28-19)11-16(25-26)20-4-2-8-29-20/h1-9,12,18H,10-11H2,(H,23,27). The molecule has 4 aromatic rings. The molecular formula is C22H16N4O2S2. The molecule has 0 aliphatic carbocycles. The number of hydrazone groups is 1. The minimum Gasteiger partial charge on any atom is -0.467 e. The summed E-state index contributed by atoms with van der Waals surface area (Å²) in [5, 5.41) is 14.7. The number of thiazole rings is 1. The number of nitrogens with one attached hydrogen (secondary N) is 1. The van der Waals surface area contributed by atoms with E-state index in [9.17, 15) is 4.79 Å². The Hall–Kier alpha value is -3.23. The number of fused-ring (bicyclic) bond motifs is 1. The summed E-state index contributed by atoms with van der Waals surface area (Å²) in [6, 6.07) is 14.0. The van der Waals surface area contributed by atoms with Crippen molar-refractivity contribution in [3.8, 4) is 11.3 Å². The van der Waals surface area contributed by atoms with E-state index < -0.39 is 0 Å². The molecule has 2 aliphatic heterocycles. The van der Waals surface area contributed by atoms with Crippen molar-refractivity contribution in [2.75, 3.05) is 10.3 Å². The van der Waals surface area contributed by atoms with Crippen molar-refractivity contribution >= 4 is 45.1 Å². The van der Waals surface area contributed by atoms with Crippen LogP contribution in [0.3, 0.4) is 0 Å². The summed E-state index contributed by atoms with van der Waals surface area (Å²) in [6.07, 6.45) is 2.89. The van der Waals surface area contributed by atoms with Crippen LogP contribution in [-0.2, 0) is 11.2 Å². The molecule has 3 aromatic heterocycles. The number of hydrogen-bond acceptors (Lipinski definition) is 7.